The molecule has 0 unspecified atom stereocenters. The van der Waals surface area contributed by atoms with E-state index in [1.807, 2.05) is 0 Å². The Hall–Kier alpha value is -0.920. The first-order chi connectivity index (χ1) is 12.5. The molecule has 4 N–H and O–H groups in total. The van der Waals surface area contributed by atoms with Crippen LogP contribution in [0.5, 0.6) is 0 Å². The minimum absolute atomic E-state index is 0. The average molecular weight is 408 g/mol. The summed E-state index contributed by atoms with van der Waals surface area (Å²) < 4.78 is 26.7. The van der Waals surface area contributed by atoms with Crippen LogP contribution < -0.4 is 6.15 Å². The Morgan fingerprint density at radius 3 is 1.85 bits per heavy atom. The van der Waals surface area contributed by atoms with E-state index in [-0.39, 0.29) is 12.6 Å². The molecule has 162 valence electrons. The van der Waals surface area contributed by atoms with Crippen molar-refractivity contribution in [2.24, 2.45) is 0 Å². The molecule has 6 nitrogen and oxygen atoms in total. The van der Waals surface area contributed by atoms with Gasteiger partial charge in [-0.25, -0.2) is 0 Å². The molecule has 0 spiro atoms. The molecule has 0 aromatic heterocycles. The van der Waals surface area contributed by atoms with Gasteiger partial charge >= 0.3 is 16.1 Å². The van der Waals surface area contributed by atoms with Crippen molar-refractivity contribution in [1.82, 2.24) is 6.15 Å². The van der Waals surface area contributed by atoms with Gasteiger partial charge in [0.05, 0.1) is 6.61 Å². The largest absolute Gasteiger partial charge is 0.395 e. The molecule has 0 rings (SSSR count). The van der Waals surface area contributed by atoms with E-state index in [0.29, 0.717) is 6.42 Å². The lowest BCUT2D eigenvalue weighted by Gasteiger charge is -2.04. The third kappa shape index (κ3) is 21.2. The van der Waals surface area contributed by atoms with Crippen LogP contribution in [0, 0.1) is 0 Å². The van der Waals surface area contributed by atoms with E-state index in [2.05, 4.69) is 23.3 Å². The number of carbonyl (C=O) groups is 1. The van der Waals surface area contributed by atoms with E-state index >= 15 is 0 Å². The van der Waals surface area contributed by atoms with Crippen LogP contribution in [0.15, 0.2) is 12.2 Å². The van der Waals surface area contributed by atoms with E-state index in [4.69, 9.17) is 5.11 Å². The predicted molar refractivity (Wildman–Crippen MR) is 111 cm³/mol. The zero-order chi connectivity index (χ0) is 19.5. The predicted octanol–water partition coefficient (Wildman–Crippen LogP) is 5.05. The molecule has 0 aliphatic rings. The lowest BCUT2D eigenvalue weighted by molar-refractivity contribution is -0.133. The van der Waals surface area contributed by atoms with Crippen LogP contribution in [0.1, 0.15) is 96.8 Å². The molecule has 0 atom stereocenters. The number of unbranched alkanes of at least 4 members (excludes halogenated alkanes) is 11. The topological polar surface area (TPSA) is 116 Å². The maximum absolute atomic E-state index is 11.4. The first kappa shape index (κ1) is 28.3. The highest BCUT2D eigenvalue weighted by Gasteiger charge is 2.15. The van der Waals surface area contributed by atoms with E-state index < -0.39 is 28.4 Å². The molecule has 0 aromatic rings. The molecule has 0 aromatic carbocycles. The highest BCUT2D eigenvalue weighted by Crippen LogP contribution is 2.10. The molecule has 27 heavy (non-hydrogen) atoms. The lowest BCUT2D eigenvalue weighted by atomic mass is 10.1. The van der Waals surface area contributed by atoms with Gasteiger partial charge in [-0.1, -0.05) is 70.4 Å². The quantitative estimate of drug-likeness (QED) is 0.186. The van der Waals surface area contributed by atoms with Gasteiger partial charge in [0.1, 0.15) is 5.75 Å². The third-order valence-electron chi connectivity index (χ3n) is 4.20. The molecule has 0 aliphatic carbocycles. The Kier molecular flexibility index (Phi) is 20.8. The zero-order valence-corrected chi connectivity index (χ0v) is 18.0. The minimum atomic E-state index is -3.91. The Balaban J connectivity index is 0. The molecule has 0 heterocycles. The first-order valence-electron chi connectivity index (χ1n) is 10.2. The number of allylic oxidation sites excluding steroid dienone is 2. The number of hydrogen-bond acceptors (Lipinski definition) is 6. The van der Waals surface area contributed by atoms with Gasteiger partial charge < -0.3 is 15.4 Å². The monoisotopic (exact) mass is 407 g/mol. The smallest absolute Gasteiger partial charge is 0.322 e. The Morgan fingerprint density at radius 2 is 1.33 bits per heavy atom. The van der Waals surface area contributed by atoms with Crippen molar-refractivity contribution in [3.8, 4) is 0 Å². The fourth-order valence-electron chi connectivity index (χ4n) is 2.68. The van der Waals surface area contributed by atoms with Gasteiger partial charge in [0.2, 0.25) is 0 Å². The average Bonchev–Trinajstić information content (AvgIpc) is 2.57. The number of aliphatic hydroxyl groups excluding tert-OH is 1. The molecular weight excluding hydrogens is 366 g/mol. The summed E-state index contributed by atoms with van der Waals surface area (Å²) in [4.78, 5) is 11.4. The molecule has 0 aliphatic heterocycles. The van der Waals surface area contributed by atoms with Gasteiger partial charge in [-0.3, -0.25) is 4.79 Å². The maximum atomic E-state index is 11.4. The summed E-state index contributed by atoms with van der Waals surface area (Å²) in [5.74, 6) is -1.26. The van der Waals surface area contributed by atoms with Gasteiger partial charge in [-0.05, 0) is 32.1 Å². The van der Waals surface area contributed by atoms with Crippen molar-refractivity contribution in [2.75, 3.05) is 12.4 Å². The number of carbonyl (C=O) groups excluding carboxylic acids is 1. The highest BCUT2D eigenvalue weighted by atomic mass is 32.2. The van der Waals surface area contributed by atoms with E-state index in [1.165, 1.54) is 44.9 Å². The van der Waals surface area contributed by atoms with Gasteiger partial charge in [-0.2, -0.15) is 8.42 Å². The summed E-state index contributed by atoms with van der Waals surface area (Å²) in [5, 5.41) is 8.56. The minimum Gasteiger partial charge on any atom is -0.395 e. The summed E-state index contributed by atoms with van der Waals surface area (Å²) >= 11 is 0. The van der Waals surface area contributed by atoms with Crippen LogP contribution in [-0.2, 0) is 19.1 Å². The summed E-state index contributed by atoms with van der Waals surface area (Å²) in [6.45, 7) is 1.70. The Labute approximate surface area is 166 Å². The molecule has 7 heteroatoms. The standard InChI is InChI=1S/C20H38O5S.H3N/c1-2-3-4-5-6-7-8-9-10-11-12-13-14-15-16-17-20(22)25-26(23,24)19-18-21;/h9-10,21H,2-8,11-19H2,1H3;1H3. The van der Waals surface area contributed by atoms with Crippen molar-refractivity contribution >= 4 is 16.1 Å². The summed E-state index contributed by atoms with van der Waals surface area (Å²) in [7, 11) is -3.91. The van der Waals surface area contributed by atoms with Crippen LogP contribution in [0.4, 0.5) is 0 Å². The summed E-state index contributed by atoms with van der Waals surface area (Å²) in [6.07, 6.45) is 19.9. The molecule has 0 fully saturated rings. The van der Waals surface area contributed by atoms with E-state index in [9.17, 15) is 13.2 Å². The lowest BCUT2D eigenvalue weighted by Crippen LogP contribution is -2.17. The van der Waals surface area contributed by atoms with Crippen molar-refractivity contribution in [3.05, 3.63) is 12.2 Å². The van der Waals surface area contributed by atoms with Crippen LogP contribution in [0.25, 0.3) is 0 Å². The molecule has 0 amide bonds. The molecule has 0 saturated heterocycles. The van der Waals surface area contributed by atoms with Crippen LogP contribution in [-0.4, -0.2) is 31.9 Å². The SMILES string of the molecule is CCCCCCCCC=CCCCCCCCC(=O)OS(=O)(=O)CCO.N. The van der Waals surface area contributed by atoms with E-state index in [0.717, 1.165) is 32.1 Å². The number of aliphatic hydroxyl groups is 1. The van der Waals surface area contributed by atoms with E-state index in [1.54, 1.807) is 0 Å². The van der Waals surface area contributed by atoms with Gasteiger partial charge in [0.25, 0.3) is 0 Å². The first-order valence-corrected chi connectivity index (χ1v) is 11.8. The van der Waals surface area contributed by atoms with Crippen molar-refractivity contribution in [1.29, 1.82) is 0 Å². The summed E-state index contributed by atoms with van der Waals surface area (Å²) in [6, 6.07) is 0. The van der Waals surface area contributed by atoms with Crippen LogP contribution in [0.2, 0.25) is 0 Å². The molecular formula is C20H41NO5S. The van der Waals surface area contributed by atoms with Gasteiger partial charge in [-0.15, -0.1) is 0 Å². The zero-order valence-electron chi connectivity index (χ0n) is 17.2. The van der Waals surface area contributed by atoms with Gasteiger partial charge in [0, 0.05) is 6.42 Å². The summed E-state index contributed by atoms with van der Waals surface area (Å²) in [5.41, 5.74) is 0. The van der Waals surface area contributed by atoms with Crippen molar-refractivity contribution < 1.29 is 22.5 Å². The van der Waals surface area contributed by atoms with Crippen molar-refractivity contribution in [2.45, 2.75) is 96.8 Å². The normalized spacial score (nSPS) is 11.5. The second-order valence-corrected chi connectivity index (χ2v) is 8.47. The third-order valence-corrected chi connectivity index (χ3v) is 5.33. The maximum Gasteiger partial charge on any atom is 0.322 e. The Morgan fingerprint density at radius 1 is 0.852 bits per heavy atom. The number of hydrogen-bond donors (Lipinski definition) is 2. The van der Waals surface area contributed by atoms with Crippen LogP contribution >= 0.6 is 0 Å². The Bertz CT molecular complexity index is 463. The second kappa shape index (κ2) is 19.8. The second-order valence-electron chi connectivity index (χ2n) is 6.78. The molecule has 0 radical (unpaired) electrons. The van der Waals surface area contributed by atoms with Crippen LogP contribution in [0.3, 0.4) is 0 Å². The fourth-order valence-corrected chi connectivity index (χ4v) is 3.35. The molecule has 0 bridgehead atoms. The fraction of sp³-hybridized carbons (Fsp3) is 0.850. The highest BCUT2D eigenvalue weighted by molar-refractivity contribution is 7.87. The number of rotatable bonds is 18. The van der Waals surface area contributed by atoms with Crippen molar-refractivity contribution in [3.63, 3.8) is 0 Å². The molecule has 0 saturated carbocycles. The van der Waals surface area contributed by atoms with Gasteiger partial charge in [0.15, 0.2) is 0 Å².